The summed E-state index contributed by atoms with van der Waals surface area (Å²) >= 11 is 0. The van der Waals surface area contributed by atoms with Crippen molar-refractivity contribution in [1.29, 1.82) is 0 Å². The largest absolute Gasteiger partial charge is 0.364 e. The Balaban J connectivity index is 1.42. The summed E-state index contributed by atoms with van der Waals surface area (Å²) in [7, 11) is 0. The summed E-state index contributed by atoms with van der Waals surface area (Å²) in [6.45, 7) is 13.9. The standard InChI is InChI=1S/C37H55N5/c1-6-8-10-11-12-13-14-15-18-26-38-27-29-22-24-30(25-23-29)28-42-33(21-9-7-2)40-34-35(42)31-19-16-17-20-32(31)39-36(34)41-37(3,4)5/h16-17,19-20,22-25,38H,6-15,18,21,26-28H2,1-5H3,(H,39,41). The van der Waals surface area contributed by atoms with Gasteiger partial charge in [0, 0.05) is 30.4 Å². The average molecular weight is 570 g/mol. The third-order valence-corrected chi connectivity index (χ3v) is 8.06. The van der Waals surface area contributed by atoms with Crippen molar-refractivity contribution in [3.63, 3.8) is 0 Å². The molecular formula is C37H55N5. The van der Waals surface area contributed by atoms with Crippen LogP contribution in [-0.2, 0) is 19.5 Å². The van der Waals surface area contributed by atoms with Gasteiger partial charge in [-0.1, -0.05) is 114 Å². The number of para-hydroxylation sites is 1. The summed E-state index contributed by atoms with van der Waals surface area (Å²) < 4.78 is 2.44. The maximum Gasteiger partial charge on any atom is 0.155 e. The quantitative estimate of drug-likeness (QED) is 0.117. The average Bonchev–Trinajstić information content (AvgIpc) is 3.33. The molecule has 0 saturated heterocycles. The number of unbranched alkanes of at least 4 members (excludes halogenated alkanes) is 9. The molecular weight excluding hydrogens is 514 g/mol. The molecule has 0 fully saturated rings. The number of rotatable bonds is 18. The van der Waals surface area contributed by atoms with Crippen molar-refractivity contribution >= 4 is 27.8 Å². The Morgan fingerprint density at radius 3 is 2.05 bits per heavy atom. The number of hydrogen-bond acceptors (Lipinski definition) is 4. The maximum absolute atomic E-state index is 5.22. The number of pyridine rings is 1. The minimum absolute atomic E-state index is 0.104. The van der Waals surface area contributed by atoms with Gasteiger partial charge in [0.1, 0.15) is 11.3 Å². The van der Waals surface area contributed by atoms with Gasteiger partial charge in [0.15, 0.2) is 5.82 Å². The first-order valence-corrected chi connectivity index (χ1v) is 16.7. The van der Waals surface area contributed by atoms with Crippen molar-refractivity contribution < 1.29 is 0 Å². The third-order valence-electron chi connectivity index (χ3n) is 8.06. The Hall–Kier alpha value is -2.92. The van der Waals surface area contributed by atoms with E-state index >= 15 is 0 Å². The SMILES string of the molecule is CCCCCCCCCCCNCc1ccc(Cn2c(CCCC)nc3c(NC(C)(C)C)nc4ccccc4c32)cc1. The molecule has 5 heteroatoms. The van der Waals surface area contributed by atoms with E-state index in [0.29, 0.717) is 0 Å². The van der Waals surface area contributed by atoms with Gasteiger partial charge in [0.05, 0.1) is 11.0 Å². The highest BCUT2D eigenvalue weighted by atomic mass is 15.1. The van der Waals surface area contributed by atoms with Gasteiger partial charge < -0.3 is 15.2 Å². The summed E-state index contributed by atoms with van der Waals surface area (Å²) in [5, 5.41) is 8.46. The first kappa shape index (κ1) is 32.0. The van der Waals surface area contributed by atoms with Crippen molar-refractivity contribution in [3.05, 3.63) is 65.5 Å². The molecule has 0 atom stereocenters. The van der Waals surface area contributed by atoms with E-state index in [2.05, 4.69) is 98.4 Å². The van der Waals surface area contributed by atoms with E-state index in [-0.39, 0.29) is 5.54 Å². The van der Waals surface area contributed by atoms with Gasteiger partial charge in [-0.25, -0.2) is 9.97 Å². The summed E-state index contributed by atoms with van der Waals surface area (Å²) in [4.78, 5) is 10.2. The zero-order valence-corrected chi connectivity index (χ0v) is 27.1. The Morgan fingerprint density at radius 1 is 0.714 bits per heavy atom. The highest BCUT2D eigenvalue weighted by Gasteiger charge is 2.21. The minimum atomic E-state index is -0.104. The Labute approximate surface area is 254 Å². The highest BCUT2D eigenvalue weighted by Crippen LogP contribution is 2.32. The van der Waals surface area contributed by atoms with Gasteiger partial charge in [-0.3, -0.25) is 0 Å². The number of anilines is 1. The van der Waals surface area contributed by atoms with Gasteiger partial charge in [0.2, 0.25) is 0 Å². The van der Waals surface area contributed by atoms with Gasteiger partial charge in [-0.2, -0.15) is 0 Å². The molecule has 2 aromatic carbocycles. The highest BCUT2D eigenvalue weighted by molar-refractivity contribution is 6.07. The van der Waals surface area contributed by atoms with E-state index in [0.717, 1.165) is 61.6 Å². The fourth-order valence-corrected chi connectivity index (χ4v) is 5.76. The molecule has 4 rings (SSSR count). The predicted molar refractivity (Wildman–Crippen MR) is 181 cm³/mol. The van der Waals surface area contributed by atoms with E-state index < -0.39 is 0 Å². The van der Waals surface area contributed by atoms with Crippen LogP contribution in [0.25, 0.3) is 21.9 Å². The first-order chi connectivity index (χ1) is 20.4. The van der Waals surface area contributed by atoms with E-state index in [4.69, 9.17) is 9.97 Å². The van der Waals surface area contributed by atoms with Crippen molar-refractivity contribution in [3.8, 4) is 0 Å². The van der Waals surface area contributed by atoms with Crippen molar-refractivity contribution in [2.45, 2.75) is 130 Å². The summed E-state index contributed by atoms with van der Waals surface area (Å²) in [6, 6.07) is 17.7. The lowest BCUT2D eigenvalue weighted by Crippen LogP contribution is -2.26. The molecule has 228 valence electrons. The number of nitrogens with one attached hydrogen (secondary N) is 2. The number of aryl methyl sites for hydroxylation is 1. The van der Waals surface area contributed by atoms with Gasteiger partial charge in [0.25, 0.3) is 0 Å². The molecule has 2 aromatic heterocycles. The van der Waals surface area contributed by atoms with Crippen LogP contribution in [-0.4, -0.2) is 26.6 Å². The lowest BCUT2D eigenvalue weighted by molar-refractivity contribution is 0.549. The van der Waals surface area contributed by atoms with Crippen molar-refractivity contribution in [1.82, 2.24) is 19.9 Å². The minimum Gasteiger partial charge on any atom is -0.364 e. The van der Waals surface area contributed by atoms with E-state index in [1.54, 1.807) is 0 Å². The van der Waals surface area contributed by atoms with Gasteiger partial charge in [-0.05, 0) is 57.4 Å². The summed E-state index contributed by atoms with van der Waals surface area (Å²) in [5.74, 6) is 2.02. The molecule has 0 amide bonds. The lowest BCUT2D eigenvalue weighted by Gasteiger charge is -2.22. The third kappa shape index (κ3) is 9.29. The molecule has 4 aromatic rings. The molecule has 0 spiro atoms. The van der Waals surface area contributed by atoms with Gasteiger partial charge in [-0.15, -0.1) is 0 Å². The number of imidazole rings is 1. The predicted octanol–water partition coefficient (Wildman–Crippen LogP) is 9.81. The van der Waals surface area contributed by atoms with Crippen LogP contribution in [0, 0.1) is 0 Å². The number of benzene rings is 2. The molecule has 42 heavy (non-hydrogen) atoms. The second-order valence-electron chi connectivity index (χ2n) is 13.1. The molecule has 0 radical (unpaired) electrons. The fourth-order valence-electron chi connectivity index (χ4n) is 5.76. The molecule has 0 aliphatic carbocycles. The fraction of sp³-hybridized carbons (Fsp3) is 0.568. The van der Waals surface area contributed by atoms with Crippen molar-refractivity contribution in [2.75, 3.05) is 11.9 Å². The van der Waals surface area contributed by atoms with Crippen LogP contribution >= 0.6 is 0 Å². The van der Waals surface area contributed by atoms with Crippen LogP contribution in [0.2, 0.25) is 0 Å². The summed E-state index contributed by atoms with van der Waals surface area (Å²) in [5.41, 5.74) is 5.72. The van der Waals surface area contributed by atoms with Crippen LogP contribution in [0.15, 0.2) is 48.5 Å². The number of nitrogens with zero attached hydrogens (tertiary/aromatic N) is 3. The summed E-state index contributed by atoms with van der Waals surface area (Å²) in [6.07, 6.45) is 15.6. The molecule has 0 aliphatic rings. The van der Waals surface area contributed by atoms with Crippen molar-refractivity contribution in [2.24, 2.45) is 0 Å². The smallest absolute Gasteiger partial charge is 0.155 e. The molecule has 0 saturated carbocycles. The van der Waals surface area contributed by atoms with Crippen LogP contribution in [0.3, 0.4) is 0 Å². The zero-order chi connectivity index (χ0) is 29.8. The molecule has 0 bridgehead atoms. The van der Waals surface area contributed by atoms with Crippen LogP contribution in [0.1, 0.15) is 122 Å². The van der Waals surface area contributed by atoms with Crippen LogP contribution in [0.5, 0.6) is 0 Å². The topological polar surface area (TPSA) is 54.8 Å². The van der Waals surface area contributed by atoms with Crippen LogP contribution < -0.4 is 10.6 Å². The number of hydrogen-bond donors (Lipinski definition) is 2. The Bertz CT molecular complexity index is 1360. The van der Waals surface area contributed by atoms with E-state index in [1.807, 2.05) is 0 Å². The second-order valence-corrected chi connectivity index (χ2v) is 13.1. The maximum atomic E-state index is 5.22. The van der Waals surface area contributed by atoms with Crippen LogP contribution in [0.4, 0.5) is 5.82 Å². The monoisotopic (exact) mass is 569 g/mol. The molecule has 0 unspecified atom stereocenters. The number of aromatic nitrogens is 3. The lowest BCUT2D eigenvalue weighted by atomic mass is 10.1. The zero-order valence-electron chi connectivity index (χ0n) is 27.1. The van der Waals surface area contributed by atoms with Gasteiger partial charge >= 0.3 is 0 Å². The molecule has 5 nitrogen and oxygen atoms in total. The molecule has 0 aliphatic heterocycles. The van der Waals surface area contributed by atoms with E-state index in [1.165, 1.54) is 79.8 Å². The Kier molecular flexibility index (Phi) is 12.2. The first-order valence-electron chi connectivity index (χ1n) is 16.7. The Morgan fingerprint density at radius 2 is 1.36 bits per heavy atom. The normalized spacial score (nSPS) is 12.0. The second kappa shape index (κ2) is 16.1. The molecule has 2 N–H and O–H groups in total. The molecule has 2 heterocycles. The number of fused-ring (bicyclic) bond motifs is 3. The van der Waals surface area contributed by atoms with E-state index in [9.17, 15) is 0 Å².